The minimum Gasteiger partial charge on any atom is -0.453 e. The van der Waals surface area contributed by atoms with Gasteiger partial charge >= 0.3 is 6.09 Å². The molecule has 8 amide bonds. The number of anilines is 3. The number of hydrogen-bond donors (Lipinski definition) is 4. The van der Waals surface area contributed by atoms with Crippen LogP contribution in [0.1, 0.15) is 156 Å². The van der Waals surface area contributed by atoms with Gasteiger partial charge in [-0.15, -0.1) is 11.3 Å². The van der Waals surface area contributed by atoms with E-state index in [4.69, 9.17) is 9.72 Å². The zero-order chi connectivity index (χ0) is 48.8. The Balaban J connectivity index is 0.860. The second-order valence-electron chi connectivity index (χ2n) is 18.8. The van der Waals surface area contributed by atoms with Gasteiger partial charge in [-0.25, -0.2) is 9.78 Å². The van der Waals surface area contributed by atoms with Crippen LogP contribution in [0.15, 0.2) is 42.0 Å². The van der Waals surface area contributed by atoms with E-state index in [1.54, 1.807) is 23.1 Å². The van der Waals surface area contributed by atoms with Gasteiger partial charge < -0.3 is 35.1 Å². The normalized spacial score (nSPS) is 17.6. The van der Waals surface area contributed by atoms with Crippen molar-refractivity contribution in [2.75, 3.05) is 48.8 Å². The number of hydrogen-bond acceptors (Lipinski definition) is 12. The Labute approximate surface area is 402 Å². The number of likely N-dealkylation sites (tertiary alicyclic amines) is 1. The number of fused-ring (bicyclic) bond motifs is 1. The number of piperidine rings is 2. The summed E-state index contributed by atoms with van der Waals surface area (Å²) >= 11 is 1.31. The molecule has 2 unspecified atom stereocenters. The summed E-state index contributed by atoms with van der Waals surface area (Å²) in [6.45, 7) is 8.38. The Morgan fingerprint density at radius 1 is 0.956 bits per heavy atom. The number of methoxy groups -OCH3 is 1. The van der Waals surface area contributed by atoms with Crippen molar-refractivity contribution in [3.8, 4) is 0 Å². The number of rotatable bonds is 24. The molecular weight excluding hydrogens is 891 g/mol. The lowest BCUT2D eigenvalue weighted by molar-refractivity contribution is -0.136. The van der Waals surface area contributed by atoms with Crippen molar-refractivity contribution < 1.29 is 43.1 Å². The maximum Gasteiger partial charge on any atom is 0.409 e. The van der Waals surface area contributed by atoms with Crippen LogP contribution in [0.2, 0.25) is 0 Å². The van der Waals surface area contributed by atoms with Crippen molar-refractivity contribution in [2.24, 2.45) is 0 Å². The molecule has 3 atom stereocenters. The molecule has 0 saturated carbocycles. The summed E-state index contributed by atoms with van der Waals surface area (Å²) in [6, 6.07) is 5.08. The zero-order valence-electron chi connectivity index (χ0n) is 39.8. The van der Waals surface area contributed by atoms with Crippen molar-refractivity contribution in [1.82, 2.24) is 30.0 Å². The molecule has 2 aromatic heterocycles. The van der Waals surface area contributed by atoms with Crippen LogP contribution in [0, 0.1) is 0 Å². The summed E-state index contributed by atoms with van der Waals surface area (Å²) in [6.07, 6.45) is 15.9. The SMILES string of the molecule is COC(=O)N1CCCC(c2csc(NC(=O)[C@H](CCCCNC(=O)CCCCCCCCCCNc3cccc4c3C(=O)N(C3CCC(=O)NC3=O)C4=O)N(C=O)c3ccn(C(C)(C)C)c3)n2)C1. The second kappa shape index (κ2) is 24.3. The molecule has 5 heterocycles. The van der Waals surface area contributed by atoms with Gasteiger partial charge in [0.05, 0.1) is 29.6 Å². The van der Waals surface area contributed by atoms with E-state index in [9.17, 15) is 38.4 Å². The number of carbonyl (C=O) groups is 8. The lowest BCUT2D eigenvalue weighted by Gasteiger charge is -2.30. The van der Waals surface area contributed by atoms with Gasteiger partial charge in [-0.1, -0.05) is 44.6 Å². The van der Waals surface area contributed by atoms with Crippen molar-refractivity contribution in [3.63, 3.8) is 0 Å². The molecule has 3 aliphatic heterocycles. The Morgan fingerprint density at radius 2 is 1.69 bits per heavy atom. The third-order valence-corrected chi connectivity index (χ3v) is 13.6. The number of ether oxygens (including phenoxy) is 1. The molecule has 0 radical (unpaired) electrons. The molecule has 3 aromatic rings. The van der Waals surface area contributed by atoms with Gasteiger partial charge in [0, 0.05) is 73.9 Å². The number of thiazole rings is 1. The lowest BCUT2D eigenvalue weighted by Crippen LogP contribution is -2.54. The van der Waals surface area contributed by atoms with Crippen molar-refractivity contribution in [2.45, 2.75) is 147 Å². The van der Waals surface area contributed by atoms with Crippen LogP contribution in [0.4, 0.5) is 21.3 Å². The molecule has 18 nitrogen and oxygen atoms in total. The van der Waals surface area contributed by atoms with Crippen LogP contribution in [0.5, 0.6) is 0 Å². The van der Waals surface area contributed by atoms with E-state index in [-0.39, 0.29) is 53.3 Å². The van der Waals surface area contributed by atoms with Gasteiger partial charge in [0.1, 0.15) is 12.1 Å². The standard InChI is InChI=1S/C49H67N9O9S/c1-49(2,3)56-28-24-34(30-56)57(32-59)38(43(62)54-47-52-37(31-68-47)33-17-16-27-55(29-33)48(66)67-4)20-12-14-26-51-40(60)21-11-9-7-5-6-8-10-13-25-50-36-19-15-18-35-42(36)46(65)58(45(35)64)39-22-23-41(61)53-44(39)63/h15,18-19,24,28,30-33,38-39,50H,5-14,16-17,20-23,25-27,29H2,1-4H3,(H,51,60)(H,52,54,62)(H,53,61,63)/t33?,38-,39?/m0/s1. The van der Waals surface area contributed by atoms with Crippen LogP contribution in [-0.4, -0.2) is 113 Å². The number of carbonyl (C=O) groups excluding carboxylic acids is 8. The van der Waals surface area contributed by atoms with Crippen LogP contribution in [0.25, 0.3) is 0 Å². The molecule has 2 fully saturated rings. The monoisotopic (exact) mass is 957 g/mol. The number of amides is 8. The predicted molar refractivity (Wildman–Crippen MR) is 258 cm³/mol. The average Bonchev–Trinajstić information content (AvgIpc) is 4.07. The summed E-state index contributed by atoms with van der Waals surface area (Å²) in [5.74, 6) is -2.41. The van der Waals surface area contributed by atoms with Crippen LogP contribution in [-0.2, 0) is 34.2 Å². The van der Waals surface area contributed by atoms with E-state index in [0.717, 1.165) is 74.8 Å². The summed E-state index contributed by atoms with van der Waals surface area (Å²) in [5.41, 5.74) is 2.27. The number of imide groups is 2. The molecule has 68 heavy (non-hydrogen) atoms. The van der Waals surface area contributed by atoms with Gasteiger partial charge in [0.2, 0.25) is 30.0 Å². The van der Waals surface area contributed by atoms with Gasteiger partial charge in [-0.2, -0.15) is 0 Å². The Bertz CT molecular complexity index is 2290. The van der Waals surface area contributed by atoms with E-state index in [1.165, 1.54) is 23.3 Å². The molecule has 0 spiro atoms. The maximum atomic E-state index is 13.9. The van der Waals surface area contributed by atoms with Crippen LogP contribution >= 0.6 is 11.3 Å². The fraction of sp³-hybridized carbons (Fsp3) is 0.571. The van der Waals surface area contributed by atoms with E-state index in [0.29, 0.717) is 74.8 Å². The number of nitrogens with one attached hydrogen (secondary N) is 4. The Morgan fingerprint density at radius 3 is 2.40 bits per heavy atom. The van der Waals surface area contributed by atoms with Crippen molar-refractivity contribution in [3.05, 3.63) is 58.9 Å². The molecule has 0 aliphatic carbocycles. The average molecular weight is 958 g/mol. The van der Waals surface area contributed by atoms with Crippen LogP contribution in [0.3, 0.4) is 0 Å². The predicted octanol–water partition coefficient (Wildman–Crippen LogP) is 6.93. The third kappa shape index (κ3) is 13.3. The molecule has 0 bridgehead atoms. The van der Waals surface area contributed by atoms with Gasteiger partial charge in [-0.05, 0) is 90.3 Å². The molecule has 1 aromatic carbocycles. The summed E-state index contributed by atoms with van der Waals surface area (Å²) in [4.78, 5) is 111. The molecular formula is C49H67N9O9S. The maximum absolute atomic E-state index is 13.9. The molecule has 6 rings (SSSR count). The fourth-order valence-electron chi connectivity index (χ4n) is 9.03. The number of aromatic nitrogens is 2. The van der Waals surface area contributed by atoms with Gasteiger partial charge in [0.15, 0.2) is 5.13 Å². The first-order valence-corrected chi connectivity index (χ1v) is 24.9. The summed E-state index contributed by atoms with van der Waals surface area (Å²) in [5, 5.41) is 13.8. The molecule has 3 aliphatic rings. The Hall–Kier alpha value is -6.11. The minimum atomic E-state index is -0.999. The first kappa shape index (κ1) is 51.3. The quantitative estimate of drug-likeness (QED) is 0.0410. The van der Waals surface area contributed by atoms with Crippen molar-refractivity contribution in [1.29, 1.82) is 0 Å². The smallest absolute Gasteiger partial charge is 0.409 e. The Kier molecular flexibility index (Phi) is 18.3. The second-order valence-corrected chi connectivity index (χ2v) is 19.7. The highest BCUT2D eigenvalue weighted by molar-refractivity contribution is 7.14. The van der Waals surface area contributed by atoms with E-state index < -0.39 is 35.7 Å². The van der Waals surface area contributed by atoms with Crippen molar-refractivity contribution >= 4 is 75.8 Å². The fourth-order valence-corrected chi connectivity index (χ4v) is 9.83. The summed E-state index contributed by atoms with van der Waals surface area (Å²) in [7, 11) is 1.37. The van der Waals surface area contributed by atoms with Crippen LogP contribution < -0.4 is 26.2 Å². The first-order valence-electron chi connectivity index (χ1n) is 24.1. The van der Waals surface area contributed by atoms with Gasteiger partial charge in [-0.3, -0.25) is 43.8 Å². The molecule has 2 saturated heterocycles. The molecule has 19 heteroatoms. The largest absolute Gasteiger partial charge is 0.453 e. The molecule has 368 valence electrons. The highest BCUT2D eigenvalue weighted by Gasteiger charge is 2.45. The summed E-state index contributed by atoms with van der Waals surface area (Å²) < 4.78 is 6.91. The highest BCUT2D eigenvalue weighted by atomic mass is 32.1. The van der Waals surface area contributed by atoms with E-state index in [2.05, 4.69) is 42.0 Å². The third-order valence-electron chi connectivity index (χ3n) is 12.9. The lowest BCUT2D eigenvalue weighted by atomic mass is 9.96. The van der Waals surface area contributed by atoms with E-state index >= 15 is 0 Å². The zero-order valence-corrected chi connectivity index (χ0v) is 40.6. The first-order chi connectivity index (χ1) is 32.7. The number of nitrogens with zero attached hydrogens (tertiary/aromatic N) is 5. The topological polar surface area (TPSA) is 221 Å². The number of unbranched alkanes of at least 4 members (excludes halogenated alkanes) is 8. The minimum absolute atomic E-state index is 0.00381. The highest BCUT2D eigenvalue weighted by Crippen LogP contribution is 2.33. The number of benzene rings is 1. The van der Waals surface area contributed by atoms with Gasteiger partial charge in [0.25, 0.3) is 11.8 Å². The molecule has 4 N–H and O–H groups in total. The van der Waals surface area contributed by atoms with E-state index in [1.807, 2.05) is 28.4 Å².